The molecule has 1 aromatic carbocycles. The van der Waals surface area contributed by atoms with E-state index in [1.54, 1.807) is 11.8 Å². The van der Waals surface area contributed by atoms with Crippen molar-refractivity contribution in [1.82, 2.24) is 9.78 Å². The number of hydrogen-bond acceptors (Lipinski definition) is 4. The standard InChI is InChI=1S/C14H18ClN3O2/c1-9-12(14(15)18(2)17-9)7-16-11-4-5-13(20-3)10(6-11)8-19/h4-6,16,19H,7-8H2,1-3H3. The van der Waals surface area contributed by atoms with Crippen molar-refractivity contribution in [2.24, 2.45) is 7.05 Å². The van der Waals surface area contributed by atoms with E-state index in [1.165, 1.54) is 0 Å². The molecule has 0 radical (unpaired) electrons. The first-order valence-corrected chi connectivity index (χ1v) is 6.64. The van der Waals surface area contributed by atoms with Gasteiger partial charge in [0.2, 0.25) is 0 Å². The molecule has 20 heavy (non-hydrogen) atoms. The molecule has 6 heteroatoms. The lowest BCUT2D eigenvalue weighted by atomic mass is 10.1. The number of hydrogen-bond donors (Lipinski definition) is 2. The molecule has 1 heterocycles. The van der Waals surface area contributed by atoms with E-state index in [-0.39, 0.29) is 6.61 Å². The van der Waals surface area contributed by atoms with Crippen LogP contribution in [0.2, 0.25) is 5.15 Å². The number of aryl methyl sites for hydroxylation is 2. The molecule has 1 aromatic heterocycles. The second-order valence-corrected chi connectivity index (χ2v) is 4.87. The van der Waals surface area contributed by atoms with Gasteiger partial charge in [-0.15, -0.1) is 0 Å². The van der Waals surface area contributed by atoms with Crippen LogP contribution in [0.4, 0.5) is 5.69 Å². The zero-order valence-corrected chi connectivity index (χ0v) is 12.5. The van der Waals surface area contributed by atoms with Gasteiger partial charge < -0.3 is 15.2 Å². The summed E-state index contributed by atoms with van der Waals surface area (Å²) in [6.45, 7) is 2.44. The molecule has 0 unspecified atom stereocenters. The Kier molecular flexibility index (Phi) is 4.52. The van der Waals surface area contributed by atoms with Crippen molar-refractivity contribution in [2.45, 2.75) is 20.1 Å². The Bertz CT molecular complexity index is 611. The average molecular weight is 296 g/mol. The molecule has 0 saturated carbocycles. The van der Waals surface area contributed by atoms with E-state index in [0.717, 1.165) is 22.5 Å². The molecule has 0 atom stereocenters. The smallest absolute Gasteiger partial charge is 0.131 e. The van der Waals surface area contributed by atoms with Gasteiger partial charge in [0.15, 0.2) is 0 Å². The van der Waals surface area contributed by atoms with Crippen molar-refractivity contribution < 1.29 is 9.84 Å². The molecule has 2 rings (SSSR count). The first-order chi connectivity index (χ1) is 9.56. The summed E-state index contributed by atoms with van der Waals surface area (Å²) in [5.41, 5.74) is 3.51. The highest BCUT2D eigenvalue weighted by Crippen LogP contribution is 2.24. The fourth-order valence-electron chi connectivity index (χ4n) is 2.08. The lowest BCUT2D eigenvalue weighted by molar-refractivity contribution is 0.274. The number of benzene rings is 1. The zero-order chi connectivity index (χ0) is 14.7. The van der Waals surface area contributed by atoms with Crippen LogP contribution in [0, 0.1) is 6.92 Å². The van der Waals surface area contributed by atoms with Crippen LogP contribution < -0.4 is 10.1 Å². The van der Waals surface area contributed by atoms with E-state index in [9.17, 15) is 5.11 Å². The van der Waals surface area contributed by atoms with Gasteiger partial charge in [-0.25, -0.2) is 0 Å². The zero-order valence-electron chi connectivity index (χ0n) is 11.8. The van der Waals surface area contributed by atoms with Crippen LogP contribution >= 0.6 is 11.6 Å². The maximum absolute atomic E-state index is 9.31. The van der Waals surface area contributed by atoms with Gasteiger partial charge in [-0.05, 0) is 25.1 Å². The van der Waals surface area contributed by atoms with E-state index in [0.29, 0.717) is 17.4 Å². The molecule has 0 bridgehead atoms. The number of rotatable bonds is 5. The number of aliphatic hydroxyl groups excluding tert-OH is 1. The highest BCUT2D eigenvalue weighted by molar-refractivity contribution is 6.30. The molecule has 2 N–H and O–H groups in total. The van der Waals surface area contributed by atoms with Crippen LogP contribution in [0.5, 0.6) is 5.75 Å². The van der Waals surface area contributed by atoms with Crippen molar-refractivity contribution in [3.8, 4) is 5.75 Å². The van der Waals surface area contributed by atoms with Gasteiger partial charge in [-0.3, -0.25) is 4.68 Å². The largest absolute Gasteiger partial charge is 0.496 e. The Balaban J connectivity index is 2.15. The topological polar surface area (TPSA) is 59.3 Å². The Labute approximate surface area is 123 Å². The number of aromatic nitrogens is 2. The summed E-state index contributed by atoms with van der Waals surface area (Å²) < 4.78 is 6.83. The number of halogens is 1. The molecule has 2 aromatic rings. The van der Waals surface area contributed by atoms with Crippen molar-refractivity contribution in [3.63, 3.8) is 0 Å². The van der Waals surface area contributed by atoms with Gasteiger partial charge in [0.05, 0.1) is 19.4 Å². The average Bonchev–Trinajstić information content (AvgIpc) is 2.70. The number of nitrogens with zero attached hydrogens (tertiary/aromatic N) is 2. The normalized spacial score (nSPS) is 10.7. The number of ether oxygens (including phenoxy) is 1. The summed E-state index contributed by atoms with van der Waals surface area (Å²) in [6, 6.07) is 5.58. The van der Waals surface area contributed by atoms with E-state index in [1.807, 2.05) is 32.2 Å². The highest BCUT2D eigenvalue weighted by Gasteiger charge is 2.11. The quantitative estimate of drug-likeness (QED) is 0.890. The minimum atomic E-state index is -0.0641. The van der Waals surface area contributed by atoms with Crippen LogP contribution in [-0.4, -0.2) is 22.0 Å². The molecule has 0 aliphatic heterocycles. The van der Waals surface area contributed by atoms with E-state index < -0.39 is 0 Å². The molecule has 0 aliphatic rings. The molecule has 0 spiro atoms. The summed E-state index contributed by atoms with van der Waals surface area (Å²) in [4.78, 5) is 0. The monoisotopic (exact) mass is 295 g/mol. The SMILES string of the molecule is COc1ccc(NCc2c(C)nn(C)c2Cl)cc1CO. The second-order valence-electron chi connectivity index (χ2n) is 4.52. The summed E-state index contributed by atoms with van der Waals surface area (Å²) in [6.07, 6.45) is 0. The maximum Gasteiger partial charge on any atom is 0.131 e. The lowest BCUT2D eigenvalue weighted by Crippen LogP contribution is -2.02. The van der Waals surface area contributed by atoms with Gasteiger partial charge >= 0.3 is 0 Å². The molecular formula is C14H18ClN3O2. The van der Waals surface area contributed by atoms with Crippen LogP contribution in [0.15, 0.2) is 18.2 Å². The molecule has 0 saturated heterocycles. The summed E-state index contributed by atoms with van der Waals surface area (Å²) >= 11 is 6.19. The van der Waals surface area contributed by atoms with Gasteiger partial charge in [0.25, 0.3) is 0 Å². The summed E-state index contributed by atoms with van der Waals surface area (Å²) in [5.74, 6) is 0.675. The van der Waals surface area contributed by atoms with Gasteiger partial charge in [0, 0.05) is 30.4 Å². The Morgan fingerprint density at radius 2 is 2.20 bits per heavy atom. The molecule has 0 amide bonds. The Morgan fingerprint density at radius 1 is 1.45 bits per heavy atom. The predicted molar refractivity (Wildman–Crippen MR) is 79.2 cm³/mol. The fraction of sp³-hybridized carbons (Fsp3) is 0.357. The first kappa shape index (κ1) is 14.7. The molecule has 0 aliphatic carbocycles. The minimum Gasteiger partial charge on any atom is -0.496 e. The number of aliphatic hydroxyl groups is 1. The Hall–Kier alpha value is -1.72. The maximum atomic E-state index is 9.31. The van der Waals surface area contributed by atoms with Crippen LogP contribution in [-0.2, 0) is 20.2 Å². The second kappa shape index (κ2) is 6.15. The lowest BCUT2D eigenvalue weighted by Gasteiger charge is -2.11. The minimum absolute atomic E-state index is 0.0641. The molecule has 0 fully saturated rings. The third kappa shape index (κ3) is 2.89. The van der Waals surface area contributed by atoms with Crippen molar-refractivity contribution in [1.29, 1.82) is 0 Å². The van der Waals surface area contributed by atoms with Crippen molar-refractivity contribution in [3.05, 3.63) is 40.2 Å². The van der Waals surface area contributed by atoms with Crippen molar-refractivity contribution in [2.75, 3.05) is 12.4 Å². The summed E-state index contributed by atoms with van der Waals surface area (Å²) in [7, 11) is 3.40. The van der Waals surface area contributed by atoms with Crippen LogP contribution in [0.1, 0.15) is 16.8 Å². The summed E-state index contributed by atoms with van der Waals surface area (Å²) in [5, 5.41) is 17.5. The predicted octanol–water partition coefficient (Wildman–Crippen LogP) is 2.49. The van der Waals surface area contributed by atoms with Gasteiger partial charge in [-0.2, -0.15) is 5.10 Å². The van der Waals surface area contributed by atoms with E-state index >= 15 is 0 Å². The van der Waals surface area contributed by atoms with Gasteiger partial charge in [0.1, 0.15) is 10.9 Å². The number of methoxy groups -OCH3 is 1. The highest BCUT2D eigenvalue weighted by atomic mass is 35.5. The molecular weight excluding hydrogens is 278 g/mol. The number of nitrogens with one attached hydrogen (secondary N) is 1. The third-order valence-corrected chi connectivity index (χ3v) is 3.66. The van der Waals surface area contributed by atoms with E-state index in [4.69, 9.17) is 16.3 Å². The molecule has 5 nitrogen and oxygen atoms in total. The first-order valence-electron chi connectivity index (χ1n) is 6.26. The van der Waals surface area contributed by atoms with Gasteiger partial charge in [-0.1, -0.05) is 11.6 Å². The van der Waals surface area contributed by atoms with Crippen LogP contribution in [0.25, 0.3) is 0 Å². The molecule has 108 valence electrons. The van der Waals surface area contributed by atoms with Crippen LogP contribution in [0.3, 0.4) is 0 Å². The number of anilines is 1. The van der Waals surface area contributed by atoms with E-state index in [2.05, 4.69) is 10.4 Å². The third-order valence-electron chi connectivity index (χ3n) is 3.19. The Morgan fingerprint density at radius 3 is 2.75 bits per heavy atom. The van der Waals surface area contributed by atoms with Crippen molar-refractivity contribution >= 4 is 17.3 Å². The fourth-order valence-corrected chi connectivity index (χ4v) is 2.32.